The van der Waals surface area contributed by atoms with Crippen LogP contribution in [0.2, 0.25) is 0 Å². The summed E-state index contributed by atoms with van der Waals surface area (Å²) in [5, 5.41) is 9.40. The highest BCUT2D eigenvalue weighted by atomic mass is 16.5. The number of ether oxygens (including phenoxy) is 1. The summed E-state index contributed by atoms with van der Waals surface area (Å²) in [4.78, 5) is 16.7. The Morgan fingerprint density at radius 1 is 1.21 bits per heavy atom. The van der Waals surface area contributed by atoms with E-state index in [1.54, 1.807) is 12.1 Å². The normalized spacial score (nSPS) is 11.5. The minimum atomic E-state index is -0.273. The number of benzene rings is 1. The van der Waals surface area contributed by atoms with Crippen molar-refractivity contribution in [3.8, 4) is 0 Å². The largest absolute Gasteiger partial charge is 0.459 e. The molecule has 2 rings (SSSR count). The maximum absolute atomic E-state index is 12.1. The SMILES string of the molecule is CCNC(=NCc1cccc(NC(=O)c2ccco2)c1)NCCCOCC(C)C. The van der Waals surface area contributed by atoms with E-state index >= 15 is 0 Å². The van der Waals surface area contributed by atoms with Crippen LogP contribution in [0.4, 0.5) is 5.69 Å². The molecule has 1 aromatic heterocycles. The lowest BCUT2D eigenvalue weighted by molar-refractivity contribution is 0.0996. The minimum Gasteiger partial charge on any atom is -0.459 e. The van der Waals surface area contributed by atoms with Crippen molar-refractivity contribution in [2.75, 3.05) is 31.6 Å². The second kappa shape index (κ2) is 12.6. The van der Waals surface area contributed by atoms with Crippen LogP contribution >= 0.6 is 0 Å². The number of hydrogen-bond acceptors (Lipinski definition) is 4. The highest BCUT2D eigenvalue weighted by Crippen LogP contribution is 2.13. The predicted octanol–water partition coefficient (Wildman–Crippen LogP) is 3.65. The molecule has 7 heteroatoms. The molecular formula is C22H32N4O3. The number of guanidine groups is 1. The molecular weight excluding hydrogens is 368 g/mol. The Labute approximate surface area is 172 Å². The van der Waals surface area contributed by atoms with Crippen molar-refractivity contribution < 1.29 is 13.9 Å². The molecule has 0 spiro atoms. The Bertz CT molecular complexity index is 757. The van der Waals surface area contributed by atoms with Crippen molar-refractivity contribution in [2.24, 2.45) is 10.9 Å². The highest BCUT2D eigenvalue weighted by molar-refractivity contribution is 6.02. The smallest absolute Gasteiger partial charge is 0.291 e. The standard InChI is InChI=1S/C22H32N4O3/c1-4-23-22(24-11-7-12-28-16-17(2)3)25-15-18-8-5-9-19(14-18)26-21(27)20-10-6-13-29-20/h5-6,8-10,13-14,17H,4,7,11-12,15-16H2,1-3H3,(H,26,27)(H2,23,24,25). The first-order valence-corrected chi connectivity index (χ1v) is 10.1. The molecule has 0 bridgehead atoms. The average molecular weight is 401 g/mol. The quantitative estimate of drug-likeness (QED) is 0.304. The van der Waals surface area contributed by atoms with Gasteiger partial charge in [-0.3, -0.25) is 4.79 Å². The summed E-state index contributed by atoms with van der Waals surface area (Å²) in [7, 11) is 0. The zero-order chi connectivity index (χ0) is 20.9. The fourth-order valence-electron chi connectivity index (χ4n) is 2.56. The number of rotatable bonds is 11. The van der Waals surface area contributed by atoms with Crippen molar-refractivity contribution in [3.63, 3.8) is 0 Å². The highest BCUT2D eigenvalue weighted by Gasteiger charge is 2.08. The first-order valence-electron chi connectivity index (χ1n) is 10.1. The minimum absolute atomic E-state index is 0.273. The van der Waals surface area contributed by atoms with Gasteiger partial charge in [-0.1, -0.05) is 26.0 Å². The Balaban J connectivity index is 1.84. The molecule has 0 aliphatic rings. The van der Waals surface area contributed by atoms with Crippen molar-refractivity contribution in [3.05, 3.63) is 54.0 Å². The summed E-state index contributed by atoms with van der Waals surface area (Å²) in [5.74, 6) is 1.33. The molecule has 0 aliphatic heterocycles. The molecule has 3 N–H and O–H groups in total. The number of aliphatic imine (C=N–C) groups is 1. The third-order valence-corrected chi connectivity index (χ3v) is 3.90. The molecule has 7 nitrogen and oxygen atoms in total. The van der Waals surface area contributed by atoms with Gasteiger partial charge in [0.05, 0.1) is 12.8 Å². The number of hydrogen-bond donors (Lipinski definition) is 3. The number of nitrogens with zero attached hydrogens (tertiary/aromatic N) is 1. The van der Waals surface area contributed by atoms with Gasteiger partial charge in [0, 0.05) is 32.0 Å². The van der Waals surface area contributed by atoms with Crippen LogP contribution in [0.15, 0.2) is 52.1 Å². The van der Waals surface area contributed by atoms with Crippen LogP contribution in [-0.4, -0.2) is 38.2 Å². The first-order chi connectivity index (χ1) is 14.1. The summed E-state index contributed by atoms with van der Waals surface area (Å²) in [5.41, 5.74) is 1.71. The zero-order valence-corrected chi connectivity index (χ0v) is 17.5. The van der Waals surface area contributed by atoms with Gasteiger partial charge in [-0.05, 0) is 49.1 Å². The van der Waals surface area contributed by atoms with E-state index in [4.69, 9.17) is 9.15 Å². The van der Waals surface area contributed by atoms with Crippen molar-refractivity contribution in [2.45, 2.75) is 33.7 Å². The molecule has 158 valence electrons. The van der Waals surface area contributed by atoms with Gasteiger partial charge in [0.2, 0.25) is 0 Å². The Kier molecular flexibility index (Phi) is 9.78. The van der Waals surface area contributed by atoms with Gasteiger partial charge < -0.3 is 25.1 Å². The van der Waals surface area contributed by atoms with Crippen LogP contribution in [0.5, 0.6) is 0 Å². The maximum Gasteiger partial charge on any atom is 0.291 e. The van der Waals surface area contributed by atoms with Gasteiger partial charge in [-0.2, -0.15) is 0 Å². The molecule has 29 heavy (non-hydrogen) atoms. The number of nitrogens with one attached hydrogen (secondary N) is 3. The van der Waals surface area contributed by atoms with Crippen LogP contribution in [-0.2, 0) is 11.3 Å². The predicted molar refractivity (Wildman–Crippen MR) is 116 cm³/mol. The summed E-state index contributed by atoms with van der Waals surface area (Å²) in [6, 6.07) is 10.9. The van der Waals surface area contributed by atoms with Gasteiger partial charge in [-0.15, -0.1) is 0 Å². The van der Waals surface area contributed by atoms with E-state index in [2.05, 4.69) is 34.8 Å². The van der Waals surface area contributed by atoms with E-state index in [1.807, 2.05) is 31.2 Å². The summed E-state index contributed by atoms with van der Waals surface area (Å²) in [6.45, 7) is 9.94. The van der Waals surface area contributed by atoms with E-state index in [0.717, 1.165) is 44.2 Å². The van der Waals surface area contributed by atoms with Crippen LogP contribution in [0, 0.1) is 5.92 Å². The van der Waals surface area contributed by atoms with Crippen LogP contribution in [0.3, 0.4) is 0 Å². The second-order valence-corrected chi connectivity index (χ2v) is 7.08. The van der Waals surface area contributed by atoms with Crippen LogP contribution in [0.25, 0.3) is 0 Å². The van der Waals surface area contributed by atoms with Gasteiger partial charge in [-0.25, -0.2) is 4.99 Å². The molecule has 0 atom stereocenters. The van der Waals surface area contributed by atoms with Crippen molar-refractivity contribution in [1.29, 1.82) is 0 Å². The number of furan rings is 1. The fraction of sp³-hybridized carbons (Fsp3) is 0.455. The van der Waals surface area contributed by atoms with E-state index < -0.39 is 0 Å². The van der Waals surface area contributed by atoms with E-state index in [1.165, 1.54) is 6.26 Å². The van der Waals surface area contributed by atoms with Crippen LogP contribution in [0.1, 0.15) is 43.3 Å². The number of anilines is 1. The summed E-state index contributed by atoms with van der Waals surface area (Å²) < 4.78 is 10.7. The summed E-state index contributed by atoms with van der Waals surface area (Å²) in [6.07, 6.45) is 2.40. The fourth-order valence-corrected chi connectivity index (χ4v) is 2.56. The Morgan fingerprint density at radius 2 is 2.07 bits per heavy atom. The molecule has 0 fully saturated rings. The van der Waals surface area contributed by atoms with Gasteiger partial charge >= 0.3 is 0 Å². The third kappa shape index (κ3) is 8.83. The maximum atomic E-state index is 12.1. The van der Waals surface area contributed by atoms with Gasteiger partial charge in [0.25, 0.3) is 5.91 Å². The Hall–Kier alpha value is -2.80. The zero-order valence-electron chi connectivity index (χ0n) is 17.5. The van der Waals surface area contributed by atoms with E-state index in [0.29, 0.717) is 18.2 Å². The van der Waals surface area contributed by atoms with Crippen LogP contribution < -0.4 is 16.0 Å². The Morgan fingerprint density at radius 3 is 2.79 bits per heavy atom. The molecule has 1 aromatic carbocycles. The molecule has 0 radical (unpaired) electrons. The molecule has 0 aliphatic carbocycles. The molecule has 0 saturated carbocycles. The second-order valence-electron chi connectivity index (χ2n) is 7.08. The number of carbonyl (C=O) groups is 1. The van der Waals surface area contributed by atoms with Crippen molar-refractivity contribution >= 4 is 17.6 Å². The third-order valence-electron chi connectivity index (χ3n) is 3.90. The lowest BCUT2D eigenvalue weighted by Gasteiger charge is -2.12. The van der Waals surface area contributed by atoms with E-state index in [-0.39, 0.29) is 11.7 Å². The monoisotopic (exact) mass is 400 g/mol. The molecule has 1 heterocycles. The molecule has 0 unspecified atom stereocenters. The van der Waals surface area contributed by atoms with Crippen molar-refractivity contribution in [1.82, 2.24) is 10.6 Å². The molecule has 0 saturated heterocycles. The number of carbonyl (C=O) groups excluding carboxylic acids is 1. The molecule has 2 aromatic rings. The summed E-state index contributed by atoms with van der Waals surface area (Å²) >= 11 is 0. The average Bonchev–Trinajstić information content (AvgIpc) is 3.24. The molecule has 1 amide bonds. The lowest BCUT2D eigenvalue weighted by atomic mass is 10.2. The van der Waals surface area contributed by atoms with Gasteiger partial charge in [0.15, 0.2) is 11.7 Å². The topological polar surface area (TPSA) is 87.9 Å². The first kappa shape index (κ1) is 22.5. The lowest BCUT2D eigenvalue weighted by Crippen LogP contribution is -2.38. The van der Waals surface area contributed by atoms with E-state index in [9.17, 15) is 4.79 Å². The number of amides is 1. The van der Waals surface area contributed by atoms with Gasteiger partial charge in [0.1, 0.15) is 0 Å².